The van der Waals surface area contributed by atoms with Gasteiger partial charge in [0.05, 0.1) is 24.3 Å². The smallest absolute Gasteiger partial charge is 0.377 e. The predicted molar refractivity (Wildman–Crippen MR) is 71.2 cm³/mol. The van der Waals surface area contributed by atoms with Gasteiger partial charge in [-0.2, -0.15) is 8.78 Å². The zero-order chi connectivity index (χ0) is 14.2. The Morgan fingerprint density at radius 1 is 1.40 bits per heavy atom. The number of fused-ring (bicyclic) bond motifs is 1. The van der Waals surface area contributed by atoms with Crippen LogP contribution >= 0.6 is 0 Å². The summed E-state index contributed by atoms with van der Waals surface area (Å²) in [6.07, 6.45) is -0.368. The molecule has 4 nitrogen and oxygen atoms in total. The zero-order valence-corrected chi connectivity index (χ0v) is 10.9. The van der Waals surface area contributed by atoms with Crippen molar-refractivity contribution < 1.29 is 18.3 Å². The molecule has 2 aliphatic rings. The SMILES string of the molecule is O=C1OC(CN2CCCNc3ccccc32)CC1(F)F. The number of carbonyl (C=O) groups is 1. The van der Waals surface area contributed by atoms with Gasteiger partial charge >= 0.3 is 11.9 Å². The number of carbonyl (C=O) groups excluding carboxylic acids is 1. The van der Waals surface area contributed by atoms with Crippen LogP contribution in [0, 0.1) is 0 Å². The Balaban J connectivity index is 1.76. The van der Waals surface area contributed by atoms with E-state index in [2.05, 4.69) is 5.32 Å². The molecule has 1 fully saturated rings. The Hall–Kier alpha value is -1.85. The maximum absolute atomic E-state index is 13.2. The molecule has 1 atom stereocenters. The van der Waals surface area contributed by atoms with Crippen LogP contribution in [-0.2, 0) is 9.53 Å². The first-order valence-corrected chi connectivity index (χ1v) is 6.73. The molecule has 6 heteroatoms. The van der Waals surface area contributed by atoms with Crippen molar-refractivity contribution in [3.8, 4) is 0 Å². The van der Waals surface area contributed by atoms with Gasteiger partial charge in [0, 0.05) is 13.1 Å². The van der Waals surface area contributed by atoms with E-state index >= 15 is 0 Å². The Morgan fingerprint density at radius 3 is 2.95 bits per heavy atom. The Morgan fingerprint density at radius 2 is 2.20 bits per heavy atom. The maximum atomic E-state index is 13.2. The molecule has 1 aromatic rings. The van der Waals surface area contributed by atoms with Crippen LogP contribution in [0.2, 0.25) is 0 Å². The fourth-order valence-electron chi connectivity index (χ4n) is 2.70. The highest BCUT2D eigenvalue weighted by Crippen LogP contribution is 2.34. The number of nitrogens with one attached hydrogen (secondary N) is 1. The van der Waals surface area contributed by atoms with E-state index in [9.17, 15) is 13.6 Å². The summed E-state index contributed by atoms with van der Waals surface area (Å²) in [6.45, 7) is 1.90. The lowest BCUT2D eigenvalue weighted by Crippen LogP contribution is -2.33. The predicted octanol–water partition coefficient (Wildman–Crippen LogP) is 2.26. The lowest BCUT2D eigenvalue weighted by Gasteiger charge is -2.26. The van der Waals surface area contributed by atoms with Crippen LogP contribution < -0.4 is 10.2 Å². The van der Waals surface area contributed by atoms with Crippen molar-refractivity contribution >= 4 is 17.3 Å². The second-order valence-electron chi connectivity index (χ2n) is 5.18. The van der Waals surface area contributed by atoms with Crippen LogP contribution in [0.5, 0.6) is 0 Å². The Labute approximate surface area is 115 Å². The van der Waals surface area contributed by atoms with E-state index in [4.69, 9.17) is 4.74 Å². The van der Waals surface area contributed by atoms with Gasteiger partial charge in [0.25, 0.3) is 0 Å². The number of ether oxygens (including phenoxy) is 1. The van der Waals surface area contributed by atoms with Crippen LogP contribution in [0.1, 0.15) is 12.8 Å². The molecule has 0 aliphatic carbocycles. The second-order valence-corrected chi connectivity index (χ2v) is 5.18. The first-order chi connectivity index (χ1) is 9.56. The third-order valence-corrected chi connectivity index (χ3v) is 3.65. The molecule has 0 aromatic heterocycles. The van der Waals surface area contributed by atoms with Crippen LogP contribution in [0.25, 0.3) is 0 Å². The number of nitrogens with zero attached hydrogens (tertiary/aromatic N) is 1. The van der Waals surface area contributed by atoms with Crippen molar-refractivity contribution in [3.63, 3.8) is 0 Å². The molecule has 0 spiro atoms. The molecule has 1 N–H and O–H groups in total. The van der Waals surface area contributed by atoms with Crippen LogP contribution in [0.3, 0.4) is 0 Å². The number of halogens is 2. The van der Waals surface area contributed by atoms with Gasteiger partial charge in [-0.1, -0.05) is 12.1 Å². The van der Waals surface area contributed by atoms with E-state index < -0.39 is 24.4 Å². The molecule has 1 unspecified atom stereocenters. The standard InChI is InChI=1S/C14H16F2N2O2/c15-14(16)8-10(20-13(14)19)9-18-7-3-6-17-11-4-1-2-5-12(11)18/h1-2,4-5,10,17H,3,6-9H2. The summed E-state index contributed by atoms with van der Waals surface area (Å²) < 4.78 is 31.2. The summed E-state index contributed by atoms with van der Waals surface area (Å²) >= 11 is 0. The minimum atomic E-state index is -3.34. The van der Waals surface area contributed by atoms with Gasteiger partial charge < -0.3 is 15.0 Å². The molecule has 0 saturated carbocycles. The fraction of sp³-hybridized carbons (Fsp3) is 0.500. The summed E-state index contributed by atoms with van der Waals surface area (Å²) in [7, 11) is 0. The first-order valence-electron chi connectivity index (χ1n) is 6.73. The third-order valence-electron chi connectivity index (χ3n) is 3.65. The summed E-state index contributed by atoms with van der Waals surface area (Å²) in [5.74, 6) is -4.74. The van der Waals surface area contributed by atoms with E-state index in [1.807, 2.05) is 29.2 Å². The summed E-state index contributed by atoms with van der Waals surface area (Å²) in [5, 5.41) is 3.31. The molecule has 2 heterocycles. The number of cyclic esters (lactones) is 1. The van der Waals surface area contributed by atoms with E-state index in [0.717, 1.165) is 30.9 Å². The Bertz CT molecular complexity index is 522. The van der Waals surface area contributed by atoms with Gasteiger partial charge in [0.1, 0.15) is 6.10 Å². The van der Waals surface area contributed by atoms with Crippen LogP contribution in [-0.4, -0.2) is 37.6 Å². The zero-order valence-electron chi connectivity index (χ0n) is 10.9. The number of para-hydroxylation sites is 2. The van der Waals surface area contributed by atoms with Gasteiger partial charge in [-0.15, -0.1) is 0 Å². The monoisotopic (exact) mass is 282 g/mol. The summed E-state index contributed by atoms with van der Waals surface area (Å²) in [6, 6.07) is 7.75. The quantitative estimate of drug-likeness (QED) is 0.845. The van der Waals surface area contributed by atoms with Gasteiger partial charge in [0.15, 0.2) is 0 Å². The highest BCUT2D eigenvalue weighted by Gasteiger charge is 2.51. The van der Waals surface area contributed by atoms with Crippen molar-refractivity contribution in [3.05, 3.63) is 24.3 Å². The average Bonchev–Trinajstić information content (AvgIpc) is 2.59. The molecule has 0 radical (unpaired) electrons. The number of alkyl halides is 2. The molecule has 1 aromatic carbocycles. The number of hydrogen-bond acceptors (Lipinski definition) is 4. The van der Waals surface area contributed by atoms with E-state index in [1.165, 1.54) is 0 Å². The minimum absolute atomic E-state index is 0.306. The molecule has 3 rings (SSSR count). The van der Waals surface area contributed by atoms with Crippen molar-refractivity contribution in [2.75, 3.05) is 29.9 Å². The molecule has 0 bridgehead atoms. The molecule has 0 amide bonds. The van der Waals surface area contributed by atoms with E-state index in [1.54, 1.807) is 0 Å². The minimum Gasteiger partial charge on any atom is -0.456 e. The van der Waals surface area contributed by atoms with Crippen molar-refractivity contribution in [2.45, 2.75) is 24.9 Å². The lowest BCUT2D eigenvalue weighted by molar-refractivity contribution is -0.158. The lowest BCUT2D eigenvalue weighted by atomic mass is 10.1. The highest BCUT2D eigenvalue weighted by molar-refractivity contribution is 5.80. The third kappa shape index (κ3) is 2.42. The summed E-state index contributed by atoms with van der Waals surface area (Å²) in [4.78, 5) is 13.1. The number of anilines is 2. The normalized spacial score (nSPS) is 24.6. The van der Waals surface area contributed by atoms with Crippen molar-refractivity contribution in [1.29, 1.82) is 0 Å². The second kappa shape index (κ2) is 4.92. The first kappa shape index (κ1) is 13.1. The maximum Gasteiger partial charge on any atom is 0.377 e. The number of esters is 1. The molecule has 20 heavy (non-hydrogen) atoms. The number of benzene rings is 1. The number of rotatable bonds is 2. The fourth-order valence-corrected chi connectivity index (χ4v) is 2.70. The largest absolute Gasteiger partial charge is 0.456 e. The topological polar surface area (TPSA) is 41.6 Å². The molecular weight excluding hydrogens is 266 g/mol. The molecular formula is C14H16F2N2O2. The van der Waals surface area contributed by atoms with Gasteiger partial charge in [-0.3, -0.25) is 0 Å². The summed E-state index contributed by atoms with van der Waals surface area (Å²) in [5.41, 5.74) is 1.96. The van der Waals surface area contributed by atoms with Gasteiger partial charge in [0.2, 0.25) is 0 Å². The molecule has 1 saturated heterocycles. The number of hydrogen-bond donors (Lipinski definition) is 1. The van der Waals surface area contributed by atoms with Crippen molar-refractivity contribution in [1.82, 2.24) is 0 Å². The van der Waals surface area contributed by atoms with Gasteiger partial charge in [-0.05, 0) is 18.6 Å². The Kier molecular flexibility index (Phi) is 3.23. The van der Waals surface area contributed by atoms with E-state index in [-0.39, 0.29) is 0 Å². The van der Waals surface area contributed by atoms with Crippen LogP contribution in [0.4, 0.5) is 20.2 Å². The average molecular weight is 282 g/mol. The van der Waals surface area contributed by atoms with Crippen LogP contribution in [0.15, 0.2) is 24.3 Å². The highest BCUT2D eigenvalue weighted by atomic mass is 19.3. The van der Waals surface area contributed by atoms with Crippen molar-refractivity contribution in [2.24, 2.45) is 0 Å². The molecule has 108 valence electrons. The van der Waals surface area contributed by atoms with E-state index in [0.29, 0.717) is 6.54 Å². The van der Waals surface area contributed by atoms with Gasteiger partial charge in [-0.25, -0.2) is 4.79 Å². The molecule has 2 aliphatic heterocycles.